The second-order valence-electron chi connectivity index (χ2n) is 8.74. The van der Waals surface area contributed by atoms with Gasteiger partial charge in [-0.15, -0.1) is 0 Å². The Bertz CT molecular complexity index is 961. The van der Waals surface area contributed by atoms with E-state index in [4.69, 9.17) is 28.8 Å². The maximum Gasteiger partial charge on any atom is 0.275 e. The minimum atomic E-state index is -0.342. The van der Waals surface area contributed by atoms with Crippen LogP contribution in [-0.2, 0) is 4.79 Å². The highest BCUT2D eigenvalue weighted by Crippen LogP contribution is 2.43. The van der Waals surface area contributed by atoms with E-state index < -0.39 is 0 Å². The van der Waals surface area contributed by atoms with Crippen LogP contribution in [0.2, 0.25) is 5.02 Å². The van der Waals surface area contributed by atoms with Crippen molar-refractivity contribution in [2.24, 2.45) is 17.2 Å². The van der Waals surface area contributed by atoms with Gasteiger partial charge in [0.1, 0.15) is 11.9 Å². The van der Waals surface area contributed by atoms with E-state index in [0.717, 1.165) is 35.2 Å². The smallest absolute Gasteiger partial charge is 0.275 e. The number of halogens is 1. The van der Waals surface area contributed by atoms with Crippen molar-refractivity contribution in [1.82, 2.24) is 15.1 Å². The van der Waals surface area contributed by atoms with E-state index in [1.807, 2.05) is 62.2 Å². The van der Waals surface area contributed by atoms with Crippen LogP contribution in [0, 0.1) is 0 Å². The molecular formula is C23H31ClN6O. The van der Waals surface area contributed by atoms with Crippen LogP contribution in [0.5, 0.6) is 0 Å². The molecular weight excluding hydrogens is 412 g/mol. The third kappa shape index (κ3) is 4.11. The molecule has 0 aromatic heterocycles. The van der Waals surface area contributed by atoms with E-state index in [9.17, 15) is 4.79 Å². The maximum absolute atomic E-state index is 13.8. The Balaban J connectivity index is 1.84. The highest BCUT2D eigenvalue weighted by molar-refractivity contribution is 6.30. The van der Waals surface area contributed by atoms with Crippen molar-refractivity contribution in [3.8, 4) is 0 Å². The monoisotopic (exact) mass is 442 g/mol. The van der Waals surface area contributed by atoms with Crippen molar-refractivity contribution < 1.29 is 4.79 Å². The van der Waals surface area contributed by atoms with Crippen molar-refractivity contribution in [2.75, 3.05) is 0 Å². The van der Waals surface area contributed by atoms with Crippen LogP contribution in [0.4, 0.5) is 0 Å². The lowest BCUT2D eigenvalue weighted by Crippen LogP contribution is -2.50. The number of carbonyl (C=O) groups excluding carboxylic acids is 1. The molecule has 1 amide bonds. The molecule has 31 heavy (non-hydrogen) atoms. The van der Waals surface area contributed by atoms with E-state index in [1.54, 1.807) is 4.90 Å². The predicted octanol–water partition coefficient (Wildman–Crippen LogP) is 2.27. The van der Waals surface area contributed by atoms with Crippen LogP contribution in [0.15, 0.2) is 59.1 Å². The third-order valence-corrected chi connectivity index (χ3v) is 6.32. The molecule has 1 aromatic carbocycles. The number of amides is 1. The van der Waals surface area contributed by atoms with Gasteiger partial charge < -0.3 is 27.4 Å². The summed E-state index contributed by atoms with van der Waals surface area (Å²) in [6, 6.07) is 7.25. The Labute approximate surface area is 188 Å². The summed E-state index contributed by atoms with van der Waals surface area (Å²) in [5.41, 5.74) is 23.0. The molecule has 2 aliphatic heterocycles. The number of nitrogens with one attached hydrogen (secondary N) is 1. The fourth-order valence-electron chi connectivity index (χ4n) is 4.26. The van der Waals surface area contributed by atoms with Gasteiger partial charge in [0.05, 0.1) is 17.9 Å². The van der Waals surface area contributed by atoms with Crippen LogP contribution in [0.3, 0.4) is 0 Å². The molecule has 0 radical (unpaired) electrons. The molecule has 166 valence electrons. The van der Waals surface area contributed by atoms with Crippen LogP contribution < -0.4 is 22.5 Å². The van der Waals surface area contributed by atoms with Crippen molar-refractivity contribution in [2.45, 2.75) is 64.1 Å². The van der Waals surface area contributed by atoms with Crippen LogP contribution in [0.1, 0.15) is 45.2 Å². The van der Waals surface area contributed by atoms with Gasteiger partial charge in [0.2, 0.25) is 0 Å². The zero-order valence-corrected chi connectivity index (χ0v) is 18.9. The number of nitrogens with two attached hydrogens (primary N) is 3. The van der Waals surface area contributed by atoms with Gasteiger partial charge in [-0.3, -0.25) is 9.69 Å². The molecule has 4 rings (SSSR count). The number of carbonyl (C=O) groups is 1. The van der Waals surface area contributed by atoms with Gasteiger partial charge in [-0.25, -0.2) is 0 Å². The second kappa shape index (κ2) is 8.31. The highest BCUT2D eigenvalue weighted by atomic mass is 35.5. The zero-order chi connectivity index (χ0) is 22.4. The molecule has 3 unspecified atom stereocenters. The number of hydrogen-bond donors (Lipinski definition) is 4. The lowest BCUT2D eigenvalue weighted by molar-refractivity contribution is -0.125. The average Bonchev–Trinajstić information content (AvgIpc) is 3.48. The van der Waals surface area contributed by atoms with E-state index >= 15 is 0 Å². The predicted molar refractivity (Wildman–Crippen MR) is 123 cm³/mol. The number of allylic oxidation sites excluding steroid dienone is 1. The van der Waals surface area contributed by atoms with Gasteiger partial charge >= 0.3 is 0 Å². The maximum atomic E-state index is 13.8. The van der Waals surface area contributed by atoms with E-state index in [0.29, 0.717) is 16.8 Å². The molecule has 0 saturated heterocycles. The Morgan fingerprint density at radius 1 is 1.16 bits per heavy atom. The van der Waals surface area contributed by atoms with Gasteiger partial charge in [-0.2, -0.15) is 0 Å². The first-order chi connectivity index (χ1) is 14.7. The first-order valence-electron chi connectivity index (χ1n) is 10.7. The largest absolute Gasteiger partial charge is 0.378 e. The van der Waals surface area contributed by atoms with E-state index in [2.05, 4.69) is 5.32 Å². The highest BCUT2D eigenvalue weighted by Gasteiger charge is 2.45. The Kier molecular flexibility index (Phi) is 5.87. The molecule has 8 heteroatoms. The molecule has 1 saturated carbocycles. The number of rotatable bonds is 6. The molecule has 1 fully saturated rings. The molecule has 4 atom stereocenters. The van der Waals surface area contributed by atoms with Gasteiger partial charge in [-0.1, -0.05) is 23.7 Å². The molecule has 2 heterocycles. The molecule has 7 N–H and O–H groups in total. The average molecular weight is 443 g/mol. The molecule has 0 bridgehead atoms. The van der Waals surface area contributed by atoms with Gasteiger partial charge in [0.25, 0.3) is 5.91 Å². The van der Waals surface area contributed by atoms with Gasteiger partial charge in [0, 0.05) is 28.9 Å². The molecule has 0 spiro atoms. The quantitative estimate of drug-likeness (QED) is 0.537. The van der Waals surface area contributed by atoms with Crippen molar-refractivity contribution in [3.63, 3.8) is 0 Å². The Hall–Kier alpha value is -2.32. The number of nitrogens with zero attached hydrogens (tertiary/aromatic N) is 2. The lowest BCUT2D eigenvalue weighted by atomic mass is 9.94. The molecule has 1 aliphatic carbocycles. The zero-order valence-electron chi connectivity index (χ0n) is 18.2. The summed E-state index contributed by atoms with van der Waals surface area (Å²) in [6.07, 6.45) is 5.32. The lowest BCUT2D eigenvalue weighted by Gasteiger charge is -2.38. The summed E-state index contributed by atoms with van der Waals surface area (Å²) in [5, 5.41) is 4.08. The van der Waals surface area contributed by atoms with Crippen molar-refractivity contribution >= 4 is 17.5 Å². The molecule has 7 nitrogen and oxygen atoms in total. The minimum absolute atomic E-state index is 0.0884. The standard InChI is InChI=1S/C23H31ClN6O/c1-12-10-18(11-29(14(3)26)22(12)27)30-21(15-4-6-16(24)7-5-15)19(13(2)25)20(23(30)31)28-17-8-9-17/h4-7,10-11,13-14,17,21-22,28H,8-9,25-27H2,1-3H3/t13?,14?,21-,22?/m1/s1. The van der Waals surface area contributed by atoms with Crippen molar-refractivity contribution in [3.05, 3.63) is 69.7 Å². The Morgan fingerprint density at radius 3 is 2.35 bits per heavy atom. The Morgan fingerprint density at radius 2 is 1.81 bits per heavy atom. The van der Waals surface area contributed by atoms with Crippen LogP contribution >= 0.6 is 11.6 Å². The fourth-order valence-corrected chi connectivity index (χ4v) is 4.38. The summed E-state index contributed by atoms with van der Waals surface area (Å²) >= 11 is 6.14. The van der Waals surface area contributed by atoms with Crippen LogP contribution in [0.25, 0.3) is 0 Å². The topological polar surface area (TPSA) is 114 Å². The van der Waals surface area contributed by atoms with Gasteiger partial charge in [0.15, 0.2) is 0 Å². The van der Waals surface area contributed by atoms with E-state index in [-0.39, 0.29) is 30.3 Å². The first-order valence-corrected chi connectivity index (χ1v) is 11.1. The fraction of sp³-hybridized carbons (Fsp3) is 0.435. The third-order valence-electron chi connectivity index (χ3n) is 6.07. The number of benzene rings is 1. The van der Waals surface area contributed by atoms with Gasteiger partial charge in [-0.05, 0) is 63.0 Å². The summed E-state index contributed by atoms with van der Waals surface area (Å²) in [4.78, 5) is 17.4. The molecule has 3 aliphatic rings. The number of hydrogen-bond acceptors (Lipinski definition) is 6. The van der Waals surface area contributed by atoms with Crippen LogP contribution in [-0.4, -0.2) is 40.1 Å². The first kappa shape index (κ1) is 21.9. The van der Waals surface area contributed by atoms with E-state index in [1.165, 1.54) is 0 Å². The summed E-state index contributed by atoms with van der Waals surface area (Å²) in [5.74, 6) is -0.0884. The minimum Gasteiger partial charge on any atom is -0.378 e. The SMILES string of the molecule is CC1=CC(N2C(=O)C(NC3CC3)=C(C(C)N)[C@H]2c2ccc(Cl)cc2)=CN(C(C)N)C1N. The second-order valence-corrected chi connectivity index (χ2v) is 9.18. The summed E-state index contributed by atoms with van der Waals surface area (Å²) < 4.78 is 0. The molecule has 1 aromatic rings. The normalized spacial score (nSPS) is 26.1. The van der Waals surface area contributed by atoms with Crippen molar-refractivity contribution in [1.29, 1.82) is 0 Å². The summed E-state index contributed by atoms with van der Waals surface area (Å²) in [6.45, 7) is 5.75. The summed E-state index contributed by atoms with van der Waals surface area (Å²) in [7, 11) is 0.